The van der Waals surface area contributed by atoms with Gasteiger partial charge in [0.15, 0.2) is 0 Å². The molecule has 8 nitrogen and oxygen atoms in total. The molecule has 2 aromatic heterocycles. The average molecular weight is 621 g/mol. The Bertz CT molecular complexity index is 1580. The molecule has 0 bridgehead atoms. The van der Waals surface area contributed by atoms with Gasteiger partial charge in [-0.05, 0) is 59.5 Å². The standard InChI is InChI=1S/C18H15ClN2O.C15H20ClN3O2/c1-14(21-10-9-20-13-21)17-7-2-3-8-18(17)22-12-15-5-4-6-16(19)11-15;1-14(2,3)15(20,8-19-11-17-10-18-19)9-21-13-6-4-12(16)5-7-13/h2-11,13H,1,12H2;4-7,10-11,20H,8-9H2,1-3H3. The van der Waals surface area contributed by atoms with Gasteiger partial charge in [0.1, 0.15) is 43.0 Å². The van der Waals surface area contributed by atoms with Crippen molar-refractivity contribution in [3.05, 3.63) is 132 Å². The Morgan fingerprint density at radius 1 is 0.907 bits per heavy atom. The molecule has 5 aromatic rings. The summed E-state index contributed by atoms with van der Waals surface area (Å²) in [5.41, 5.74) is 1.31. The van der Waals surface area contributed by atoms with Gasteiger partial charge in [-0.2, -0.15) is 5.10 Å². The number of hydrogen-bond donors (Lipinski definition) is 1. The van der Waals surface area contributed by atoms with E-state index in [1.54, 1.807) is 47.8 Å². The van der Waals surface area contributed by atoms with Crippen LogP contribution in [0, 0.1) is 5.41 Å². The minimum atomic E-state index is -1.08. The molecule has 0 fully saturated rings. The lowest BCUT2D eigenvalue weighted by molar-refractivity contribution is -0.101. The summed E-state index contributed by atoms with van der Waals surface area (Å²) in [4.78, 5) is 7.95. The zero-order chi connectivity index (χ0) is 30.9. The highest BCUT2D eigenvalue weighted by atomic mass is 35.5. The van der Waals surface area contributed by atoms with Crippen LogP contribution in [0.25, 0.3) is 5.70 Å². The molecule has 1 N–H and O–H groups in total. The third-order valence-electron chi connectivity index (χ3n) is 6.87. The van der Waals surface area contributed by atoms with Gasteiger partial charge < -0.3 is 19.1 Å². The lowest BCUT2D eigenvalue weighted by atomic mass is 9.77. The Labute approximate surface area is 262 Å². The molecule has 3 aromatic carbocycles. The zero-order valence-electron chi connectivity index (χ0n) is 24.4. The van der Waals surface area contributed by atoms with E-state index in [9.17, 15) is 5.11 Å². The summed E-state index contributed by atoms with van der Waals surface area (Å²) in [5, 5.41) is 16.4. The molecule has 0 radical (unpaired) electrons. The van der Waals surface area contributed by atoms with Crippen molar-refractivity contribution in [1.82, 2.24) is 24.3 Å². The van der Waals surface area contributed by atoms with E-state index in [2.05, 4.69) is 21.6 Å². The predicted octanol–water partition coefficient (Wildman–Crippen LogP) is 7.42. The summed E-state index contributed by atoms with van der Waals surface area (Å²) in [5.74, 6) is 1.45. The van der Waals surface area contributed by atoms with Gasteiger partial charge in [0.05, 0.1) is 18.6 Å². The van der Waals surface area contributed by atoms with E-state index in [0.29, 0.717) is 28.9 Å². The largest absolute Gasteiger partial charge is 0.490 e. The Kier molecular flexibility index (Phi) is 10.6. The maximum atomic E-state index is 11.0. The molecule has 43 heavy (non-hydrogen) atoms. The van der Waals surface area contributed by atoms with E-state index in [4.69, 9.17) is 32.7 Å². The molecule has 1 unspecified atom stereocenters. The Morgan fingerprint density at radius 3 is 2.33 bits per heavy atom. The summed E-state index contributed by atoms with van der Waals surface area (Å²) >= 11 is 11.8. The number of ether oxygens (including phenoxy) is 2. The second-order valence-electron chi connectivity index (χ2n) is 10.9. The smallest absolute Gasteiger partial charge is 0.137 e. The van der Waals surface area contributed by atoms with E-state index in [0.717, 1.165) is 22.6 Å². The highest BCUT2D eigenvalue weighted by Crippen LogP contribution is 2.33. The van der Waals surface area contributed by atoms with Crippen molar-refractivity contribution in [2.24, 2.45) is 5.41 Å². The Balaban J connectivity index is 0.000000197. The van der Waals surface area contributed by atoms with E-state index in [-0.39, 0.29) is 12.0 Å². The molecule has 0 saturated carbocycles. The van der Waals surface area contributed by atoms with Crippen LogP contribution < -0.4 is 9.47 Å². The molecular formula is C33H35Cl2N5O3. The minimum Gasteiger partial charge on any atom is -0.490 e. The van der Waals surface area contributed by atoms with Gasteiger partial charge in [-0.1, -0.05) is 74.8 Å². The molecule has 0 spiro atoms. The van der Waals surface area contributed by atoms with Crippen molar-refractivity contribution in [3.8, 4) is 11.5 Å². The van der Waals surface area contributed by atoms with Gasteiger partial charge in [0.2, 0.25) is 0 Å². The average Bonchev–Trinajstić information content (AvgIpc) is 3.71. The maximum absolute atomic E-state index is 11.0. The number of benzene rings is 3. The summed E-state index contributed by atoms with van der Waals surface area (Å²) < 4.78 is 15.1. The molecule has 5 rings (SSSR count). The number of rotatable bonds is 10. The summed E-state index contributed by atoms with van der Waals surface area (Å²) in [7, 11) is 0. The number of aromatic nitrogens is 5. The van der Waals surface area contributed by atoms with Crippen LogP contribution in [0.1, 0.15) is 31.9 Å². The molecule has 1 atom stereocenters. The Hall–Kier alpha value is -4.11. The van der Waals surface area contributed by atoms with Crippen molar-refractivity contribution in [2.75, 3.05) is 6.61 Å². The quantitative estimate of drug-likeness (QED) is 0.175. The molecule has 0 aliphatic rings. The van der Waals surface area contributed by atoms with Gasteiger partial charge in [-0.25, -0.2) is 14.6 Å². The van der Waals surface area contributed by atoms with Crippen LogP contribution >= 0.6 is 23.2 Å². The molecule has 0 saturated heterocycles. The summed E-state index contributed by atoms with van der Waals surface area (Å²) in [6, 6.07) is 22.5. The number of nitrogens with zero attached hydrogens (tertiary/aromatic N) is 5. The topological polar surface area (TPSA) is 87.2 Å². The second kappa shape index (κ2) is 14.4. The minimum absolute atomic E-state index is 0.151. The zero-order valence-corrected chi connectivity index (χ0v) is 25.9. The van der Waals surface area contributed by atoms with Crippen molar-refractivity contribution in [3.63, 3.8) is 0 Å². The van der Waals surface area contributed by atoms with Crippen LogP contribution in [0.4, 0.5) is 0 Å². The summed E-state index contributed by atoms with van der Waals surface area (Å²) in [6.45, 7) is 10.9. The first-order valence-electron chi connectivity index (χ1n) is 13.6. The van der Waals surface area contributed by atoms with E-state index in [1.807, 2.05) is 80.1 Å². The van der Waals surface area contributed by atoms with Crippen LogP contribution in [0.5, 0.6) is 11.5 Å². The SMILES string of the molecule is C=C(c1ccccc1OCc1cccc(Cl)c1)n1ccnc1.CC(C)(C)C(O)(COc1ccc(Cl)cc1)Cn1cncn1. The highest BCUT2D eigenvalue weighted by Gasteiger charge is 2.41. The third-order valence-corrected chi connectivity index (χ3v) is 7.36. The lowest BCUT2D eigenvalue weighted by Gasteiger charge is -2.39. The van der Waals surface area contributed by atoms with Gasteiger partial charge in [0.25, 0.3) is 0 Å². The predicted molar refractivity (Wildman–Crippen MR) is 170 cm³/mol. The third kappa shape index (κ3) is 8.94. The van der Waals surface area contributed by atoms with E-state index >= 15 is 0 Å². The highest BCUT2D eigenvalue weighted by molar-refractivity contribution is 6.30. The number of aliphatic hydroxyl groups is 1. The number of para-hydroxylation sites is 1. The number of halogens is 2. The molecule has 2 heterocycles. The van der Waals surface area contributed by atoms with Crippen molar-refractivity contribution in [2.45, 2.75) is 39.5 Å². The van der Waals surface area contributed by atoms with Gasteiger partial charge in [0, 0.05) is 28.0 Å². The lowest BCUT2D eigenvalue weighted by Crippen LogP contribution is -2.51. The molecular weight excluding hydrogens is 585 g/mol. The monoisotopic (exact) mass is 619 g/mol. The first kappa shape index (κ1) is 31.8. The fourth-order valence-corrected chi connectivity index (χ4v) is 4.33. The molecule has 0 aliphatic heterocycles. The normalized spacial score (nSPS) is 12.5. The van der Waals surface area contributed by atoms with Crippen LogP contribution in [0.3, 0.4) is 0 Å². The van der Waals surface area contributed by atoms with E-state index in [1.165, 1.54) is 6.33 Å². The maximum Gasteiger partial charge on any atom is 0.137 e. The van der Waals surface area contributed by atoms with Crippen molar-refractivity contribution in [1.29, 1.82) is 0 Å². The van der Waals surface area contributed by atoms with Crippen LogP contribution in [0.15, 0.2) is 111 Å². The fourth-order valence-electron chi connectivity index (χ4n) is 3.99. The van der Waals surface area contributed by atoms with Crippen molar-refractivity contribution < 1.29 is 14.6 Å². The number of hydrogen-bond acceptors (Lipinski definition) is 6. The van der Waals surface area contributed by atoms with Crippen LogP contribution in [-0.2, 0) is 13.2 Å². The number of imidazole rings is 1. The second-order valence-corrected chi connectivity index (χ2v) is 11.8. The van der Waals surface area contributed by atoms with Gasteiger partial charge in [-0.3, -0.25) is 0 Å². The molecule has 224 valence electrons. The molecule has 10 heteroatoms. The molecule has 0 aliphatic carbocycles. The molecule has 0 amide bonds. The first-order valence-corrected chi connectivity index (χ1v) is 14.4. The van der Waals surface area contributed by atoms with Crippen LogP contribution in [0.2, 0.25) is 10.0 Å². The van der Waals surface area contributed by atoms with E-state index < -0.39 is 5.60 Å². The van der Waals surface area contributed by atoms with Crippen molar-refractivity contribution >= 4 is 28.9 Å². The fraction of sp³-hybridized carbons (Fsp3) is 0.242. The first-order chi connectivity index (χ1) is 20.5. The van der Waals surface area contributed by atoms with Gasteiger partial charge >= 0.3 is 0 Å². The summed E-state index contributed by atoms with van der Waals surface area (Å²) in [6.07, 6.45) is 8.33. The Morgan fingerprint density at radius 2 is 1.67 bits per heavy atom. The van der Waals surface area contributed by atoms with Crippen LogP contribution in [-0.4, -0.2) is 41.6 Å². The van der Waals surface area contributed by atoms with Gasteiger partial charge in [-0.15, -0.1) is 0 Å².